The molecule has 2 N–H and O–H groups in total. The number of sulfonamides is 1. The predicted octanol–water partition coefficient (Wildman–Crippen LogP) is 1.83. The molecule has 11 nitrogen and oxygen atoms in total. The average Bonchev–Trinajstić information content (AvgIpc) is 3.17. The molecule has 0 bridgehead atoms. The lowest BCUT2D eigenvalue weighted by molar-refractivity contribution is -0.116. The van der Waals surface area contributed by atoms with Crippen LogP contribution in [0.3, 0.4) is 0 Å². The van der Waals surface area contributed by atoms with Crippen LogP contribution in [-0.4, -0.2) is 48.3 Å². The number of ether oxygens (including phenoxy) is 2. The number of carbonyl (C=O) groups is 1. The molecule has 164 valence electrons. The Kier molecular flexibility index (Phi) is 6.70. The van der Waals surface area contributed by atoms with E-state index in [1.165, 1.54) is 44.6 Å². The van der Waals surface area contributed by atoms with Crippen molar-refractivity contribution in [1.29, 1.82) is 0 Å². The maximum atomic E-state index is 12.6. The zero-order valence-electron chi connectivity index (χ0n) is 17.2. The minimum atomic E-state index is -3.93. The molecule has 1 amide bonds. The van der Waals surface area contributed by atoms with E-state index in [1.807, 2.05) is 13.1 Å². The minimum Gasteiger partial charge on any atom is -0.481 e. The van der Waals surface area contributed by atoms with Crippen molar-refractivity contribution in [3.63, 3.8) is 0 Å². The van der Waals surface area contributed by atoms with Gasteiger partial charge in [-0.2, -0.15) is 15.1 Å². The summed E-state index contributed by atoms with van der Waals surface area (Å²) in [6, 6.07) is 7.06. The van der Waals surface area contributed by atoms with Crippen molar-refractivity contribution in [3.8, 4) is 11.9 Å². The topological polar surface area (TPSA) is 137 Å². The van der Waals surface area contributed by atoms with Gasteiger partial charge < -0.3 is 14.8 Å². The zero-order valence-corrected chi connectivity index (χ0v) is 18.0. The molecule has 3 aromatic rings. The number of amides is 1. The zero-order chi connectivity index (χ0) is 22.4. The van der Waals surface area contributed by atoms with Gasteiger partial charge in [0, 0.05) is 30.9 Å². The first-order chi connectivity index (χ1) is 14.8. The highest BCUT2D eigenvalue weighted by Crippen LogP contribution is 2.21. The van der Waals surface area contributed by atoms with Crippen LogP contribution in [-0.2, 0) is 21.4 Å². The number of nitrogens with zero attached hydrogens (tertiary/aromatic N) is 4. The van der Waals surface area contributed by atoms with E-state index in [1.54, 1.807) is 10.9 Å². The van der Waals surface area contributed by atoms with Crippen LogP contribution in [0.4, 0.5) is 11.5 Å². The first-order valence-corrected chi connectivity index (χ1v) is 10.7. The summed E-state index contributed by atoms with van der Waals surface area (Å²) in [5, 5.41) is 6.86. The highest BCUT2D eigenvalue weighted by Gasteiger charge is 2.17. The van der Waals surface area contributed by atoms with E-state index >= 15 is 0 Å². The van der Waals surface area contributed by atoms with Gasteiger partial charge in [-0.15, -0.1) is 0 Å². The number of aryl methyl sites for hydroxylation is 2. The molecule has 0 fully saturated rings. The van der Waals surface area contributed by atoms with Gasteiger partial charge in [0.2, 0.25) is 11.8 Å². The first kappa shape index (κ1) is 22.0. The lowest BCUT2D eigenvalue weighted by Crippen LogP contribution is -2.16. The van der Waals surface area contributed by atoms with Crippen LogP contribution < -0.4 is 19.5 Å². The lowest BCUT2D eigenvalue weighted by atomic mass is 10.3. The Morgan fingerprint density at radius 3 is 2.48 bits per heavy atom. The molecule has 12 heteroatoms. The number of anilines is 2. The molecule has 2 aromatic heterocycles. The molecule has 0 unspecified atom stereocenters. The van der Waals surface area contributed by atoms with Gasteiger partial charge in [-0.25, -0.2) is 8.42 Å². The summed E-state index contributed by atoms with van der Waals surface area (Å²) in [6.07, 6.45) is 3.81. The SMILES string of the molecule is COc1cc(NS(=O)(=O)c2ccc(NC(=O)CCn3cc(C)cn3)cc2)nc(OC)n1. The summed E-state index contributed by atoms with van der Waals surface area (Å²) in [4.78, 5) is 20.0. The summed E-state index contributed by atoms with van der Waals surface area (Å²) in [7, 11) is -1.18. The third kappa shape index (κ3) is 5.92. The maximum Gasteiger partial charge on any atom is 0.321 e. The highest BCUT2D eigenvalue weighted by molar-refractivity contribution is 7.92. The third-order valence-corrected chi connectivity index (χ3v) is 5.46. The summed E-state index contributed by atoms with van der Waals surface area (Å²) < 4.78 is 39.3. The second kappa shape index (κ2) is 9.43. The van der Waals surface area contributed by atoms with E-state index in [4.69, 9.17) is 9.47 Å². The van der Waals surface area contributed by atoms with Gasteiger partial charge in [-0.1, -0.05) is 0 Å². The largest absolute Gasteiger partial charge is 0.481 e. The monoisotopic (exact) mass is 446 g/mol. The Bertz CT molecular complexity index is 1140. The highest BCUT2D eigenvalue weighted by atomic mass is 32.2. The van der Waals surface area contributed by atoms with Gasteiger partial charge in [-0.05, 0) is 36.8 Å². The Morgan fingerprint density at radius 2 is 1.87 bits per heavy atom. The summed E-state index contributed by atoms with van der Waals surface area (Å²) >= 11 is 0. The third-order valence-electron chi connectivity index (χ3n) is 4.09. The molecule has 0 radical (unpaired) electrons. The van der Waals surface area contributed by atoms with E-state index in [0.717, 1.165) is 5.56 Å². The van der Waals surface area contributed by atoms with E-state index in [2.05, 4.69) is 25.1 Å². The van der Waals surface area contributed by atoms with Gasteiger partial charge in [0.1, 0.15) is 0 Å². The van der Waals surface area contributed by atoms with Gasteiger partial charge in [0.05, 0.1) is 25.3 Å². The molecular weight excluding hydrogens is 424 g/mol. The van der Waals surface area contributed by atoms with Crippen LogP contribution in [0.25, 0.3) is 0 Å². The molecule has 0 spiro atoms. The number of hydrogen-bond acceptors (Lipinski definition) is 8. The van der Waals surface area contributed by atoms with Crippen molar-refractivity contribution in [2.24, 2.45) is 0 Å². The molecule has 0 saturated heterocycles. The van der Waals surface area contributed by atoms with E-state index in [9.17, 15) is 13.2 Å². The molecule has 0 aliphatic rings. The van der Waals surface area contributed by atoms with Crippen molar-refractivity contribution < 1.29 is 22.7 Å². The lowest BCUT2D eigenvalue weighted by Gasteiger charge is -2.10. The first-order valence-electron chi connectivity index (χ1n) is 9.18. The molecule has 0 aliphatic heterocycles. The quantitative estimate of drug-likeness (QED) is 0.508. The number of hydrogen-bond donors (Lipinski definition) is 2. The second-order valence-corrected chi connectivity index (χ2v) is 8.17. The Labute approximate surface area is 179 Å². The predicted molar refractivity (Wildman–Crippen MR) is 113 cm³/mol. The smallest absolute Gasteiger partial charge is 0.321 e. The number of rotatable bonds is 9. The van der Waals surface area contributed by atoms with Crippen molar-refractivity contribution in [1.82, 2.24) is 19.7 Å². The Hall–Kier alpha value is -3.67. The molecule has 31 heavy (non-hydrogen) atoms. The van der Waals surface area contributed by atoms with Crippen LogP contribution in [0.1, 0.15) is 12.0 Å². The number of carbonyl (C=O) groups excluding carboxylic acids is 1. The fourth-order valence-electron chi connectivity index (χ4n) is 2.59. The van der Waals surface area contributed by atoms with Gasteiger partial charge in [0.15, 0.2) is 5.82 Å². The average molecular weight is 446 g/mol. The molecule has 0 atom stereocenters. The molecule has 3 rings (SSSR count). The van der Waals surface area contributed by atoms with Crippen molar-refractivity contribution >= 4 is 27.4 Å². The van der Waals surface area contributed by atoms with E-state index in [0.29, 0.717) is 12.2 Å². The minimum absolute atomic E-state index is 0.00469. The molecular formula is C19H22N6O5S. The summed E-state index contributed by atoms with van der Waals surface area (Å²) in [5.41, 5.74) is 1.50. The van der Waals surface area contributed by atoms with Crippen LogP contribution in [0.5, 0.6) is 11.9 Å². The number of methoxy groups -OCH3 is 2. The number of benzene rings is 1. The molecule has 1 aromatic carbocycles. The van der Waals surface area contributed by atoms with Crippen molar-refractivity contribution in [3.05, 3.63) is 48.3 Å². The van der Waals surface area contributed by atoms with Gasteiger partial charge in [0.25, 0.3) is 10.0 Å². The normalized spacial score (nSPS) is 11.1. The Morgan fingerprint density at radius 1 is 1.13 bits per heavy atom. The van der Waals surface area contributed by atoms with Crippen LogP contribution in [0, 0.1) is 6.92 Å². The summed E-state index contributed by atoms with van der Waals surface area (Å²) in [6.45, 7) is 2.37. The fraction of sp³-hybridized carbons (Fsp3) is 0.263. The van der Waals surface area contributed by atoms with Crippen LogP contribution >= 0.6 is 0 Å². The molecule has 0 saturated carbocycles. The second-order valence-electron chi connectivity index (χ2n) is 6.49. The molecule has 2 heterocycles. The standard InChI is InChI=1S/C19H22N6O5S/c1-13-11-20-25(12-13)9-8-17(26)21-14-4-6-15(7-5-14)31(27,28)24-16-10-18(29-2)23-19(22-16)30-3/h4-7,10-12H,8-9H2,1-3H3,(H,21,26)(H,22,23,24). The van der Waals surface area contributed by atoms with E-state index in [-0.39, 0.29) is 34.9 Å². The van der Waals surface area contributed by atoms with E-state index < -0.39 is 10.0 Å². The Balaban J connectivity index is 1.63. The summed E-state index contributed by atoms with van der Waals surface area (Å²) in [5.74, 6) is -0.0649. The number of nitrogens with one attached hydrogen (secondary N) is 2. The van der Waals surface area contributed by atoms with Crippen molar-refractivity contribution in [2.45, 2.75) is 24.8 Å². The fourth-order valence-corrected chi connectivity index (χ4v) is 3.59. The van der Waals surface area contributed by atoms with Crippen LogP contribution in [0.15, 0.2) is 47.6 Å². The number of aromatic nitrogens is 4. The molecule has 0 aliphatic carbocycles. The van der Waals surface area contributed by atoms with Gasteiger partial charge >= 0.3 is 6.01 Å². The van der Waals surface area contributed by atoms with Crippen LogP contribution in [0.2, 0.25) is 0 Å². The maximum absolute atomic E-state index is 12.6. The van der Waals surface area contributed by atoms with Crippen molar-refractivity contribution in [2.75, 3.05) is 24.3 Å². The van der Waals surface area contributed by atoms with Gasteiger partial charge in [-0.3, -0.25) is 14.2 Å².